The molecule has 2 aliphatic heterocycles. The molecular weight excluding hydrogens is 451 g/mol. The third-order valence-corrected chi connectivity index (χ3v) is 5.63. The molecule has 1 aromatic carbocycles. The molecule has 0 bridgehead atoms. The van der Waals surface area contributed by atoms with Crippen LogP contribution in [0.4, 0.5) is 4.39 Å². The highest BCUT2D eigenvalue weighted by Crippen LogP contribution is 2.27. The lowest BCUT2D eigenvalue weighted by atomic mass is 10.1. The molecule has 5 N–H and O–H groups in total. The van der Waals surface area contributed by atoms with Crippen LogP contribution in [0.3, 0.4) is 0 Å². The zero-order valence-corrected chi connectivity index (χ0v) is 18.4. The zero-order valence-electron chi connectivity index (χ0n) is 18.4. The van der Waals surface area contributed by atoms with Crippen LogP contribution in [0.2, 0.25) is 0 Å². The van der Waals surface area contributed by atoms with Gasteiger partial charge in [0.15, 0.2) is 11.7 Å². The molecule has 0 amide bonds. The number of halogens is 1. The number of hydrazine groups is 2. The van der Waals surface area contributed by atoms with E-state index >= 15 is 0 Å². The number of aromatic nitrogens is 2. The predicted octanol–water partition coefficient (Wildman–Crippen LogP) is -1.58. The van der Waals surface area contributed by atoms with Gasteiger partial charge in [-0.15, -0.1) is 5.53 Å². The van der Waals surface area contributed by atoms with E-state index in [1.807, 2.05) is 24.3 Å². The first-order valence-corrected chi connectivity index (χ1v) is 10.6. The highest BCUT2D eigenvalue weighted by atomic mass is 19.1. The molecule has 12 nitrogen and oxygen atoms in total. The minimum Gasteiger partial charge on any atom is -0.394 e. The maximum atomic E-state index is 12.7. The summed E-state index contributed by atoms with van der Waals surface area (Å²) in [5, 5.41) is 34.9. The van der Waals surface area contributed by atoms with Gasteiger partial charge in [-0.3, -0.25) is 14.1 Å². The van der Waals surface area contributed by atoms with E-state index in [0.29, 0.717) is 0 Å². The molecule has 1 saturated heterocycles. The lowest BCUT2D eigenvalue weighted by Crippen LogP contribution is -2.42. The number of nitrogens with zero attached hydrogens (tertiary/aromatic N) is 4. The van der Waals surface area contributed by atoms with Gasteiger partial charge in [0.05, 0.1) is 18.8 Å². The van der Waals surface area contributed by atoms with Crippen LogP contribution in [0.5, 0.6) is 0 Å². The molecule has 4 atom stereocenters. The predicted molar refractivity (Wildman–Crippen MR) is 116 cm³/mol. The Balaban J connectivity index is 1.41. The SMILES string of the molecule is Cn1c(=O)n([C@@H]2O[C@H](CO)C(O)C2O)cc/c1=N/OCc1ccc(C2=CN(CCF)NN2)cc1. The summed E-state index contributed by atoms with van der Waals surface area (Å²) in [7, 11) is 1.49. The van der Waals surface area contributed by atoms with E-state index in [0.717, 1.165) is 21.4 Å². The quantitative estimate of drug-likeness (QED) is 0.284. The molecule has 0 saturated carbocycles. The summed E-state index contributed by atoms with van der Waals surface area (Å²) in [6, 6.07) is 9.02. The van der Waals surface area contributed by atoms with Gasteiger partial charge in [-0.25, -0.2) is 9.18 Å². The van der Waals surface area contributed by atoms with Crippen molar-refractivity contribution in [3.05, 3.63) is 69.8 Å². The van der Waals surface area contributed by atoms with Crippen molar-refractivity contribution >= 4 is 5.70 Å². The van der Waals surface area contributed by atoms with Crippen LogP contribution < -0.4 is 22.1 Å². The number of hydrogen-bond donors (Lipinski definition) is 5. The number of ether oxygens (including phenoxy) is 1. The average Bonchev–Trinajstić information content (AvgIpc) is 3.42. The summed E-state index contributed by atoms with van der Waals surface area (Å²) in [6.45, 7) is -0.544. The lowest BCUT2D eigenvalue weighted by molar-refractivity contribution is -0.0555. The number of rotatable bonds is 8. The van der Waals surface area contributed by atoms with Crippen molar-refractivity contribution in [1.29, 1.82) is 0 Å². The van der Waals surface area contributed by atoms with Crippen molar-refractivity contribution < 1.29 is 29.3 Å². The fraction of sp³-hybridized carbons (Fsp3) is 0.429. The van der Waals surface area contributed by atoms with E-state index in [9.17, 15) is 24.5 Å². The zero-order chi connectivity index (χ0) is 24.2. The lowest BCUT2D eigenvalue weighted by Gasteiger charge is -2.18. The van der Waals surface area contributed by atoms with Crippen LogP contribution >= 0.6 is 0 Å². The number of nitrogens with one attached hydrogen (secondary N) is 2. The fourth-order valence-corrected chi connectivity index (χ4v) is 3.65. The van der Waals surface area contributed by atoms with E-state index in [1.54, 1.807) is 11.2 Å². The van der Waals surface area contributed by atoms with Crippen LogP contribution in [-0.2, 0) is 23.2 Å². The number of aliphatic hydroxyl groups is 3. The topological polar surface area (TPSA) is 146 Å². The molecule has 2 aromatic rings. The molecule has 2 aliphatic rings. The molecule has 4 rings (SSSR count). The molecule has 3 heterocycles. The Bertz CT molecular complexity index is 1150. The van der Waals surface area contributed by atoms with Gasteiger partial charge in [0.2, 0.25) is 0 Å². The summed E-state index contributed by atoms with van der Waals surface area (Å²) in [4.78, 5) is 18.1. The van der Waals surface area contributed by atoms with Crippen molar-refractivity contribution in [2.75, 3.05) is 19.8 Å². The molecule has 34 heavy (non-hydrogen) atoms. The first kappa shape index (κ1) is 23.9. The summed E-state index contributed by atoms with van der Waals surface area (Å²) in [5.41, 5.74) is 8.09. The molecule has 1 aromatic heterocycles. The third kappa shape index (κ3) is 4.83. The second kappa shape index (κ2) is 10.4. The van der Waals surface area contributed by atoms with Crippen LogP contribution in [0.25, 0.3) is 5.70 Å². The molecule has 2 unspecified atom stereocenters. The second-order valence-corrected chi connectivity index (χ2v) is 7.88. The fourth-order valence-electron chi connectivity index (χ4n) is 3.65. The van der Waals surface area contributed by atoms with E-state index in [2.05, 4.69) is 16.1 Å². The molecular formula is C21H27FN6O6. The summed E-state index contributed by atoms with van der Waals surface area (Å²) < 4.78 is 20.2. The van der Waals surface area contributed by atoms with E-state index in [1.165, 1.54) is 23.9 Å². The number of aliphatic hydroxyl groups excluding tert-OH is 3. The van der Waals surface area contributed by atoms with Crippen molar-refractivity contribution in [2.24, 2.45) is 12.2 Å². The Kier molecular flexibility index (Phi) is 7.29. The highest BCUT2D eigenvalue weighted by molar-refractivity contribution is 5.64. The maximum Gasteiger partial charge on any atom is 0.331 e. The second-order valence-electron chi connectivity index (χ2n) is 7.88. The Labute approximate surface area is 193 Å². The summed E-state index contributed by atoms with van der Waals surface area (Å²) >= 11 is 0. The van der Waals surface area contributed by atoms with Gasteiger partial charge in [-0.2, -0.15) is 0 Å². The van der Waals surface area contributed by atoms with Crippen molar-refractivity contribution in [1.82, 2.24) is 25.1 Å². The highest BCUT2D eigenvalue weighted by Gasteiger charge is 2.43. The van der Waals surface area contributed by atoms with Gasteiger partial charge in [-0.1, -0.05) is 29.4 Å². The van der Waals surface area contributed by atoms with E-state index in [-0.39, 0.29) is 18.6 Å². The Morgan fingerprint density at radius 3 is 2.65 bits per heavy atom. The van der Waals surface area contributed by atoms with E-state index in [4.69, 9.17) is 9.57 Å². The Morgan fingerprint density at radius 1 is 1.21 bits per heavy atom. The average molecular weight is 478 g/mol. The molecule has 13 heteroatoms. The minimum absolute atomic E-state index is 0.164. The largest absolute Gasteiger partial charge is 0.394 e. The van der Waals surface area contributed by atoms with Crippen LogP contribution in [0.15, 0.2) is 52.7 Å². The summed E-state index contributed by atoms with van der Waals surface area (Å²) in [6.07, 6.45) is -1.64. The van der Waals surface area contributed by atoms with Crippen molar-refractivity contribution in [2.45, 2.75) is 31.1 Å². The van der Waals surface area contributed by atoms with E-state index < -0.39 is 43.5 Å². The standard InChI is InChI=1S/C21H27FN6O6/c1-26-17(6-8-28(21(26)32)20-19(31)18(30)16(11-29)34-20)24-33-12-13-2-4-14(5-3-13)15-10-27(9-7-22)25-23-15/h2-6,8,10,16,18-20,23,25,29-31H,7,9,11-12H2,1H3/b24-17-/t16-,18?,19?,20-/m1/s1. The van der Waals surface area contributed by atoms with Crippen LogP contribution in [0.1, 0.15) is 17.4 Å². The van der Waals surface area contributed by atoms with Crippen molar-refractivity contribution in [3.8, 4) is 0 Å². The summed E-state index contributed by atoms with van der Waals surface area (Å²) in [5.74, 6) is 0. The molecule has 184 valence electrons. The first-order chi connectivity index (χ1) is 16.4. The first-order valence-electron chi connectivity index (χ1n) is 10.6. The molecule has 0 aliphatic carbocycles. The maximum absolute atomic E-state index is 12.7. The van der Waals surface area contributed by atoms with Gasteiger partial charge in [0.25, 0.3) is 0 Å². The third-order valence-electron chi connectivity index (χ3n) is 5.63. The Hall–Kier alpha value is -3.23. The van der Waals surface area contributed by atoms with Gasteiger partial charge >= 0.3 is 5.69 Å². The molecule has 0 spiro atoms. The molecule has 1 fully saturated rings. The van der Waals surface area contributed by atoms with Gasteiger partial charge in [0.1, 0.15) is 31.6 Å². The number of alkyl halides is 1. The van der Waals surface area contributed by atoms with Crippen LogP contribution in [-0.4, -0.2) is 67.6 Å². The van der Waals surface area contributed by atoms with Gasteiger partial charge in [-0.05, 0) is 5.56 Å². The monoisotopic (exact) mass is 478 g/mol. The van der Waals surface area contributed by atoms with Gasteiger partial charge < -0.3 is 30.3 Å². The minimum atomic E-state index is -1.37. The number of hydrogen-bond acceptors (Lipinski definition) is 10. The van der Waals surface area contributed by atoms with Crippen LogP contribution in [0, 0.1) is 0 Å². The number of benzene rings is 1. The smallest absolute Gasteiger partial charge is 0.331 e. The van der Waals surface area contributed by atoms with Crippen molar-refractivity contribution in [3.63, 3.8) is 0 Å². The molecule has 0 radical (unpaired) electrons. The Morgan fingerprint density at radius 2 is 1.97 bits per heavy atom. The normalized spacial score (nSPS) is 24.9. The van der Waals surface area contributed by atoms with Gasteiger partial charge in [0, 0.05) is 31.1 Å².